The van der Waals surface area contributed by atoms with Crippen LogP contribution in [0.4, 0.5) is 0 Å². The van der Waals surface area contributed by atoms with Crippen LogP contribution in [0.25, 0.3) is 0 Å². The van der Waals surface area contributed by atoms with Crippen molar-refractivity contribution >= 4 is 12.1 Å². The van der Waals surface area contributed by atoms with Gasteiger partial charge in [-0.2, -0.15) is 10.4 Å². The Morgan fingerprint density at radius 2 is 1.87 bits per heavy atom. The molecule has 1 N–H and O–H groups in total. The lowest BCUT2D eigenvalue weighted by molar-refractivity contribution is -0.127. The number of hydrogen-bond donors (Lipinski definition) is 1. The van der Waals surface area contributed by atoms with Crippen molar-refractivity contribution in [2.24, 2.45) is 5.10 Å². The van der Waals surface area contributed by atoms with E-state index in [9.17, 15) is 4.79 Å². The van der Waals surface area contributed by atoms with Crippen LogP contribution in [-0.4, -0.2) is 18.2 Å². The average molecular weight is 307 g/mol. The minimum atomic E-state index is -0.696. The predicted octanol–water partition coefficient (Wildman–Crippen LogP) is 2.78. The molecular weight excluding hydrogens is 290 g/mol. The summed E-state index contributed by atoms with van der Waals surface area (Å²) < 4.78 is 5.50. The van der Waals surface area contributed by atoms with E-state index in [1.54, 1.807) is 37.4 Å². The maximum Gasteiger partial charge on any atom is 0.280 e. The lowest BCUT2D eigenvalue weighted by Crippen LogP contribution is -2.33. The Bertz CT molecular complexity index is 728. The second-order valence-electron chi connectivity index (χ2n) is 5.04. The van der Waals surface area contributed by atoms with Gasteiger partial charge in [0.15, 0.2) is 6.10 Å². The Hall–Kier alpha value is -3.13. The Balaban J connectivity index is 1.86. The highest BCUT2D eigenvalue weighted by Crippen LogP contribution is 2.13. The monoisotopic (exact) mass is 307 g/mol. The first-order valence-electron chi connectivity index (χ1n) is 7.15. The molecule has 2 aromatic rings. The molecule has 0 aliphatic carbocycles. The zero-order valence-corrected chi connectivity index (χ0v) is 13.0. The van der Waals surface area contributed by atoms with Gasteiger partial charge in [-0.15, -0.1) is 0 Å². The normalized spacial score (nSPS) is 11.7. The quantitative estimate of drug-likeness (QED) is 0.682. The molecule has 1 amide bonds. The van der Waals surface area contributed by atoms with Crippen LogP contribution in [0.5, 0.6) is 5.75 Å². The van der Waals surface area contributed by atoms with Crippen LogP contribution < -0.4 is 10.2 Å². The summed E-state index contributed by atoms with van der Waals surface area (Å²) in [6.07, 6.45) is 0.879. The molecule has 0 aromatic heterocycles. The van der Waals surface area contributed by atoms with Crippen molar-refractivity contribution in [2.75, 3.05) is 0 Å². The molecule has 116 valence electrons. The molecule has 0 aliphatic rings. The van der Waals surface area contributed by atoms with Crippen LogP contribution in [0.2, 0.25) is 0 Å². The summed E-state index contributed by atoms with van der Waals surface area (Å²) in [6.45, 7) is 3.64. The summed E-state index contributed by atoms with van der Waals surface area (Å²) in [5.74, 6) is 0.173. The van der Waals surface area contributed by atoms with E-state index in [-0.39, 0.29) is 5.91 Å². The molecule has 0 saturated carbocycles. The van der Waals surface area contributed by atoms with Crippen molar-refractivity contribution in [3.8, 4) is 11.8 Å². The number of carbonyl (C=O) groups is 1. The van der Waals surface area contributed by atoms with Crippen LogP contribution in [0.3, 0.4) is 0 Å². The Morgan fingerprint density at radius 3 is 2.48 bits per heavy atom. The number of nitriles is 1. The second-order valence-corrected chi connectivity index (χ2v) is 5.04. The molecule has 1 atom stereocenters. The lowest BCUT2D eigenvalue weighted by Gasteiger charge is -2.12. The fourth-order valence-corrected chi connectivity index (χ4v) is 1.78. The van der Waals surface area contributed by atoms with Crippen LogP contribution >= 0.6 is 0 Å². The molecular formula is C18H17N3O2. The van der Waals surface area contributed by atoms with Crippen LogP contribution in [0, 0.1) is 18.3 Å². The number of hydrazone groups is 1. The van der Waals surface area contributed by atoms with Gasteiger partial charge in [0.1, 0.15) is 5.75 Å². The van der Waals surface area contributed by atoms with E-state index in [2.05, 4.69) is 10.5 Å². The van der Waals surface area contributed by atoms with Gasteiger partial charge in [0.05, 0.1) is 17.8 Å². The number of carbonyl (C=O) groups excluding carboxylic acids is 1. The molecule has 1 unspecified atom stereocenters. The van der Waals surface area contributed by atoms with E-state index in [0.29, 0.717) is 11.3 Å². The molecule has 2 rings (SSSR count). The van der Waals surface area contributed by atoms with Gasteiger partial charge < -0.3 is 4.74 Å². The first-order chi connectivity index (χ1) is 11.1. The van der Waals surface area contributed by atoms with Gasteiger partial charge in [0.25, 0.3) is 5.91 Å². The van der Waals surface area contributed by atoms with E-state index >= 15 is 0 Å². The van der Waals surface area contributed by atoms with Crippen LogP contribution in [-0.2, 0) is 4.79 Å². The summed E-state index contributed by atoms with van der Waals surface area (Å²) in [6, 6.07) is 16.4. The fourth-order valence-electron chi connectivity index (χ4n) is 1.78. The Morgan fingerprint density at radius 1 is 1.22 bits per heavy atom. The van der Waals surface area contributed by atoms with E-state index in [1.165, 1.54) is 0 Å². The SMILES string of the molecule is Cc1ccc(/C=N/NC(=O)C(C)Oc2ccc(C#N)cc2)cc1. The minimum absolute atomic E-state index is 0.349. The van der Waals surface area contributed by atoms with Crippen molar-refractivity contribution in [2.45, 2.75) is 20.0 Å². The number of aryl methyl sites for hydroxylation is 1. The predicted molar refractivity (Wildman–Crippen MR) is 88.2 cm³/mol. The number of nitrogens with one attached hydrogen (secondary N) is 1. The van der Waals surface area contributed by atoms with Crippen LogP contribution in [0.15, 0.2) is 53.6 Å². The molecule has 0 bridgehead atoms. The third-order valence-electron chi connectivity index (χ3n) is 3.13. The summed E-state index contributed by atoms with van der Waals surface area (Å²) >= 11 is 0. The molecule has 0 radical (unpaired) electrons. The van der Waals surface area contributed by atoms with Gasteiger partial charge in [-0.3, -0.25) is 4.79 Å². The smallest absolute Gasteiger partial charge is 0.280 e. The first kappa shape index (κ1) is 16.2. The lowest BCUT2D eigenvalue weighted by atomic mass is 10.2. The van der Waals surface area contributed by atoms with E-state index in [4.69, 9.17) is 10.00 Å². The molecule has 0 saturated heterocycles. The molecule has 23 heavy (non-hydrogen) atoms. The van der Waals surface area contributed by atoms with Gasteiger partial charge in [-0.1, -0.05) is 29.8 Å². The number of ether oxygens (including phenoxy) is 1. The number of hydrogen-bond acceptors (Lipinski definition) is 4. The third kappa shape index (κ3) is 4.97. The molecule has 0 aliphatic heterocycles. The summed E-state index contributed by atoms with van der Waals surface area (Å²) in [5, 5.41) is 12.6. The van der Waals surface area contributed by atoms with Crippen molar-refractivity contribution in [1.29, 1.82) is 5.26 Å². The molecule has 0 spiro atoms. The van der Waals surface area contributed by atoms with Crippen molar-refractivity contribution in [3.63, 3.8) is 0 Å². The van der Waals surface area contributed by atoms with Crippen LogP contribution in [0.1, 0.15) is 23.6 Å². The minimum Gasteiger partial charge on any atom is -0.481 e. The second kappa shape index (κ2) is 7.76. The largest absolute Gasteiger partial charge is 0.481 e. The zero-order valence-electron chi connectivity index (χ0n) is 13.0. The third-order valence-corrected chi connectivity index (χ3v) is 3.13. The van der Waals surface area contributed by atoms with Gasteiger partial charge in [0.2, 0.25) is 0 Å². The maximum absolute atomic E-state index is 11.9. The maximum atomic E-state index is 11.9. The van der Waals surface area contributed by atoms with Gasteiger partial charge in [-0.25, -0.2) is 5.43 Å². The standard InChI is InChI=1S/C18H17N3O2/c1-13-3-5-16(6-4-13)12-20-21-18(22)14(2)23-17-9-7-15(11-19)8-10-17/h3-10,12,14H,1-2H3,(H,21,22)/b20-12+. The summed E-state index contributed by atoms with van der Waals surface area (Å²) in [4.78, 5) is 11.9. The zero-order chi connectivity index (χ0) is 16.7. The van der Waals surface area contributed by atoms with Gasteiger partial charge in [-0.05, 0) is 43.7 Å². The molecule has 0 heterocycles. The van der Waals surface area contributed by atoms with Crippen molar-refractivity contribution < 1.29 is 9.53 Å². The average Bonchev–Trinajstić information content (AvgIpc) is 2.57. The Kier molecular flexibility index (Phi) is 5.48. The van der Waals surface area contributed by atoms with E-state index < -0.39 is 6.10 Å². The first-order valence-corrected chi connectivity index (χ1v) is 7.15. The number of rotatable bonds is 5. The van der Waals surface area contributed by atoms with Gasteiger partial charge in [0, 0.05) is 0 Å². The van der Waals surface area contributed by atoms with Crippen molar-refractivity contribution in [3.05, 3.63) is 65.2 Å². The fraction of sp³-hybridized carbons (Fsp3) is 0.167. The highest BCUT2D eigenvalue weighted by Gasteiger charge is 2.13. The number of amides is 1. The van der Waals surface area contributed by atoms with Crippen molar-refractivity contribution in [1.82, 2.24) is 5.43 Å². The molecule has 5 nitrogen and oxygen atoms in total. The number of benzene rings is 2. The molecule has 5 heteroatoms. The number of nitrogens with zero attached hydrogens (tertiary/aromatic N) is 2. The molecule has 0 fully saturated rings. The Labute approximate surface area is 135 Å². The molecule has 2 aromatic carbocycles. The highest BCUT2D eigenvalue weighted by atomic mass is 16.5. The summed E-state index contributed by atoms with van der Waals surface area (Å²) in [7, 11) is 0. The van der Waals surface area contributed by atoms with E-state index in [1.807, 2.05) is 37.3 Å². The van der Waals surface area contributed by atoms with E-state index in [0.717, 1.165) is 11.1 Å². The van der Waals surface area contributed by atoms with Gasteiger partial charge >= 0.3 is 0 Å². The highest BCUT2D eigenvalue weighted by molar-refractivity contribution is 5.84. The summed E-state index contributed by atoms with van der Waals surface area (Å²) in [5.41, 5.74) is 5.04. The topological polar surface area (TPSA) is 74.5 Å².